The van der Waals surface area contributed by atoms with E-state index in [4.69, 9.17) is 11.6 Å². The van der Waals surface area contributed by atoms with E-state index in [0.29, 0.717) is 11.0 Å². The average Bonchev–Trinajstić information content (AvgIpc) is 3.12. The van der Waals surface area contributed by atoms with Gasteiger partial charge >= 0.3 is 12.2 Å². The van der Waals surface area contributed by atoms with Crippen LogP contribution in [0.3, 0.4) is 0 Å². The Labute approximate surface area is 183 Å². The maximum Gasteiger partial charge on any atom is 0.419 e. The lowest BCUT2D eigenvalue weighted by molar-refractivity contribution is -0.138. The van der Waals surface area contributed by atoms with E-state index in [-0.39, 0.29) is 6.54 Å². The summed E-state index contributed by atoms with van der Waals surface area (Å²) in [4.78, 5) is 26.7. The van der Waals surface area contributed by atoms with Crippen molar-refractivity contribution < 1.29 is 31.5 Å². The van der Waals surface area contributed by atoms with Gasteiger partial charge in [-0.25, -0.2) is 13.6 Å². The van der Waals surface area contributed by atoms with Crippen molar-refractivity contribution >= 4 is 35.0 Å². The molecule has 0 radical (unpaired) electrons. The van der Waals surface area contributed by atoms with Gasteiger partial charge in [-0.3, -0.25) is 9.69 Å². The second kappa shape index (κ2) is 8.58. The third-order valence-corrected chi connectivity index (χ3v) is 4.89. The van der Waals surface area contributed by atoms with E-state index < -0.39 is 63.6 Å². The van der Waals surface area contributed by atoms with E-state index in [2.05, 4.69) is 27.4 Å². The number of alkyl halides is 3. The highest BCUT2D eigenvalue weighted by Gasteiger charge is 2.42. The summed E-state index contributed by atoms with van der Waals surface area (Å²) in [6.45, 7) is 1.01. The SMILES string of the molecule is CC#Cc1nnc(N2C(=O)NC[C@H]2C(=O)N(C)c2ccc(F)c(Cl)c2F)cc1C(F)(F)F. The molecule has 1 N–H and O–H groups in total. The van der Waals surface area contributed by atoms with Gasteiger partial charge in [-0.15, -0.1) is 10.2 Å². The summed E-state index contributed by atoms with van der Waals surface area (Å²) in [5.41, 5.74) is -2.28. The van der Waals surface area contributed by atoms with E-state index in [1.807, 2.05) is 0 Å². The van der Waals surface area contributed by atoms with Crippen molar-refractivity contribution in [2.24, 2.45) is 0 Å². The van der Waals surface area contributed by atoms with Crippen molar-refractivity contribution in [3.63, 3.8) is 0 Å². The van der Waals surface area contributed by atoms with Crippen molar-refractivity contribution in [2.45, 2.75) is 19.1 Å². The number of hydrogen-bond donors (Lipinski definition) is 1. The van der Waals surface area contributed by atoms with E-state index in [9.17, 15) is 31.5 Å². The molecule has 0 saturated carbocycles. The number of urea groups is 1. The Bertz CT molecular complexity index is 1160. The van der Waals surface area contributed by atoms with E-state index >= 15 is 0 Å². The second-order valence-electron chi connectivity index (χ2n) is 6.50. The highest BCUT2D eigenvalue weighted by atomic mass is 35.5. The minimum absolute atomic E-state index is 0.307. The molecule has 1 atom stereocenters. The average molecular weight is 474 g/mol. The van der Waals surface area contributed by atoms with Crippen LogP contribution in [-0.2, 0) is 11.0 Å². The number of nitrogens with one attached hydrogen (secondary N) is 1. The number of anilines is 2. The van der Waals surface area contributed by atoms with Gasteiger partial charge in [-0.2, -0.15) is 13.2 Å². The Morgan fingerprint density at radius 3 is 2.62 bits per heavy atom. The topological polar surface area (TPSA) is 78.4 Å². The predicted molar refractivity (Wildman–Crippen MR) is 104 cm³/mol. The molecule has 1 aromatic heterocycles. The van der Waals surface area contributed by atoms with Gasteiger partial charge in [0.05, 0.1) is 11.3 Å². The highest BCUT2D eigenvalue weighted by Crippen LogP contribution is 2.34. The minimum Gasteiger partial charge on any atom is -0.335 e. The second-order valence-corrected chi connectivity index (χ2v) is 6.88. The fourth-order valence-electron chi connectivity index (χ4n) is 3.01. The lowest BCUT2D eigenvalue weighted by Crippen LogP contribution is -2.47. The molecule has 1 saturated heterocycles. The molecule has 1 aliphatic heterocycles. The van der Waals surface area contributed by atoms with Crippen LogP contribution >= 0.6 is 11.6 Å². The number of carbonyl (C=O) groups is 2. The van der Waals surface area contributed by atoms with Gasteiger partial charge in [-0.05, 0) is 31.0 Å². The van der Waals surface area contributed by atoms with Crippen LogP contribution in [0.15, 0.2) is 18.2 Å². The summed E-state index contributed by atoms with van der Waals surface area (Å²) < 4.78 is 68.1. The van der Waals surface area contributed by atoms with Crippen LogP contribution in [-0.4, -0.2) is 41.8 Å². The molecule has 3 rings (SSSR count). The van der Waals surface area contributed by atoms with E-state index in [0.717, 1.165) is 24.1 Å². The molecule has 0 unspecified atom stereocenters. The molecule has 2 heterocycles. The van der Waals surface area contributed by atoms with Crippen LogP contribution < -0.4 is 15.1 Å². The Balaban J connectivity index is 2.01. The molecule has 13 heteroatoms. The first kappa shape index (κ1) is 23.2. The number of amides is 3. The van der Waals surface area contributed by atoms with Crippen LogP contribution in [0.4, 0.5) is 38.3 Å². The molecule has 7 nitrogen and oxygen atoms in total. The number of aromatic nitrogens is 2. The lowest BCUT2D eigenvalue weighted by Gasteiger charge is -2.26. The van der Waals surface area contributed by atoms with Crippen LogP contribution in [0.1, 0.15) is 18.2 Å². The zero-order valence-corrected chi connectivity index (χ0v) is 17.1. The summed E-state index contributed by atoms with van der Waals surface area (Å²) in [5, 5.41) is 8.53. The molecule has 168 valence electrons. The minimum atomic E-state index is -4.86. The number of likely N-dealkylation sites (N-methyl/N-ethyl adjacent to an activating group) is 1. The number of halogens is 6. The molecule has 0 aliphatic carbocycles. The quantitative estimate of drug-likeness (QED) is 0.421. The summed E-state index contributed by atoms with van der Waals surface area (Å²) in [5.74, 6) is 0.762. The summed E-state index contributed by atoms with van der Waals surface area (Å²) in [6, 6.07) is 0.0468. The third-order valence-electron chi connectivity index (χ3n) is 4.55. The summed E-state index contributed by atoms with van der Waals surface area (Å²) >= 11 is 5.54. The Hall–Kier alpha value is -3.46. The smallest absolute Gasteiger partial charge is 0.335 e. The van der Waals surface area contributed by atoms with Crippen LogP contribution in [0.25, 0.3) is 0 Å². The molecular formula is C19H13ClF5N5O2. The molecule has 1 aliphatic rings. The zero-order valence-electron chi connectivity index (χ0n) is 16.4. The third kappa shape index (κ3) is 4.16. The van der Waals surface area contributed by atoms with Crippen molar-refractivity contribution in [3.8, 4) is 11.8 Å². The van der Waals surface area contributed by atoms with Gasteiger partial charge in [0.2, 0.25) is 0 Å². The number of hydrogen-bond acceptors (Lipinski definition) is 4. The van der Waals surface area contributed by atoms with Crippen molar-refractivity contribution in [1.82, 2.24) is 15.5 Å². The van der Waals surface area contributed by atoms with Crippen LogP contribution in [0.5, 0.6) is 0 Å². The number of carbonyl (C=O) groups excluding carboxylic acids is 2. The monoisotopic (exact) mass is 473 g/mol. The maximum absolute atomic E-state index is 14.3. The van der Waals surface area contributed by atoms with Crippen LogP contribution in [0.2, 0.25) is 5.02 Å². The lowest BCUT2D eigenvalue weighted by atomic mass is 10.1. The predicted octanol–water partition coefficient (Wildman–Crippen LogP) is 3.36. The molecule has 1 fully saturated rings. The fraction of sp³-hybridized carbons (Fsp3) is 0.263. The molecule has 1 aromatic carbocycles. The van der Waals surface area contributed by atoms with E-state index in [1.165, 1.54) is 6.92 Å². The van der Waals surface area contributed by atoms with Gasteiger partial charge in [0, 0.05) is 13.6 Å². The van der Waals surface area contributed by atoms with Gasteiger partial charge in [0.1, 0.15) is 22.6 Å². The number of benzene rings is 1. The van der Waals surface area contributed by atoms with Crippen molar-refractivity contribution in [1.29, 1.82) is 0 Å². The molecule has 3 amide bonds. The summed E-state index contributed by atoms with van der Waals surface area (Å²) in [7, 11) is 1.14. The maximum atomic E-state index is 14.3. The van der Waals surface area contributed by atoms with Gasteiger partial charge in [0.25, 0.3) is 5.91 Å². The van der Waals surface area contributed by atoms with Gasteiger partial charge in [-0.1, -0.05) is 17.5 Å². The fourth-order valence-corrected chi connectivity index (χ4v) is 3.17. The largest absolute Gasteiger partial charge is 0.419 e. The molecule has 32 heavy (non-hydrogen) atoms. The van der Waals surface area contributed by atoms with Crippen LogP contribution in [0, 0.1) is 23.5 Å². The molecular weight excluding hydrogens is 461 g/mol. The standard InChI is InChI=1S/C19H13ClF5N5O2/c1-3-4-11-9(19(23,24)25)7-14(28-27-11)30-13(8-26-18(30)32)17(31)29(2)12-6-5-10(21)15(20)16(12)22/h5-7,13H,8H2,1-2H3,(H,26,32)/t13-/m0/s1. The Kier molecular flexibility index (Phi) is 6.23. The number of rotatable bonds is 3. The zero-order chi connectivity index (χ0) is 23.8. The number of nitrogens with zero attached hydrogens (tertiary/aromatic N) is 4. The molecule has 0 spiro atoms. The Morgan fingerprint density at radius 2 is 2.00 bits per heavy atom. The van der Waals surface area contributed by atoms with E-state index in [1.54, 1.807) is 0 Å². The first-order valence-electron chi connectivity index (χ1n) is 8.83. The normalized spacial score (nSPS) is 15.8. The van der Waals surface area contributed by atoms with Gasteiger partial charge < -0.3 is 10.2 Å². The van der Waals surface area contributed by atoms with Gasteiger partial charge in [0.15, 0.2) is 11.6 Å². The first-order chi connectivity index (χ1) is 15.0. The molecule has 0 bridgehead atoms. The van der Waals surface area contributed by atoms with Crippen molar-refractivity contribution in [3.05, 3.63) is 46.1 Å². The highest BCUT2D eigenvalue weighted by molar-refractivity contribution is 6.31. The Morgan fingerprint density at radius 1 is 1.31 bits per heavy atom. The molecule has 2 aromatic rings. The van der Waals surface area contributed by atoms with Crippen molar-refractivity contribution in [2.75, 3.05) is 23.4 Å². The summed E-state index contributed by atoms with van der Waals surface area (Å²) in [6.07, 6.45) is -4.86. The first-order valence-corrected chi connectivity index (χ1v) is 9.21.